The second-order valence-electron chi connectivity index (χ2n) is 7.16. The Morgan fingerprint density at radius 3 is 2.67 bits per heavy atom. The van der Waals surface area contributed by atoms with Gasteiger partial charge >= 0.3 is 0 Å². The van der Waals surface area contributed by atoms with Gasteiger partial charge in [-0.05, 0) is 44.0 Å². The fourth-order valence-electron chi connectivity index (χ4n) is 3.25. The molecule has 30 heavy (non-hydrogen) atoms. The van der Waals surface area contributed by atoms with Crippen LogP contribution in [-0.2, 0) is 0 Å². The van der Waals surface area contributed by atoms with E-state index in [0.29, 0.717) is 19.0 Å². The van der Waals surface area contributed by atoms with Crippen molar-refractivity contribution in [1.29, 1.82) is 0 Å². The topological polar surface area (TPSA) is 68.2 Å². The Kier molecular flexibility index (Phi) is 7.83. The molecule has 6 nitrogen and oxygen atoms in total. The molecule has 1 saturated heterocycles. The quantitative estimate of drug-likeness (QED) is 0.654. The van der Waals surface area contributed by atoms with Crippen molar-refractivity contribution in [2.45, 2.75) is 19.8 Å². The zero-order valence-electron chi connectivity index (χ0n) is 16.9. The molecule has 0 aliphatic carbocycles. The molecule has 1 amide bonds. The first-order valence-corrected chi connectivity index (χ1v) is 9.92. The monoisotopic (exact) mass is 408 g/mol. The van der Waals surface area contributed by atoms with E-state index in [1.54, 1.807) is 18.5 Å². The second-order valence-corrected chi connectivity index (χ2v) is 7.16. The number of hydrogen-bond acceptors (Lipinski definition) is 5. The van der Waals surface area contributed by atoms with E-state index >= 15 is 0 Å². The number of aromatic nitrogens is 3. The van der Waals surface area contributed by atoms with Crippen LogP contribution in [0, 0.1) is 18.7 Å². The summed E-state index contributed by atoms with van der Waals surface area (Å²) in [6.45, 7) is 3.92. The van der Waals surface area contributed by atoms with Crippen molar-refractivity contribution in [2.24, 2.45) is 5.92 Å². The van der Waals surface area contributed by atoms with Crippen LogP contribution in [-0.4, -0.2) is 45.5 Å². The van der Waals surface area contributed by atoms with E-state index in [1.165, 1.54) is 18.5 Å². The molecule has 3 heterocycles. The van der Waals surface area contributed by atoms with Gasteiger partial charge in [0.1, 0.15) is 12.1 Å². The summed E-state index contributed by atoms with van der Waals surface area (Å²) < 4.78 is 18.5. The molecular formula is C23H25FN4O2. The predicted molar refractivity (Wildman–Crippen MR) is 112 cm³/mol. The molecule has 0 saturated carbocycles. The Labute approximate surface area is 175 Å². The molecule has 4 rings (SSSR count). The number of halogens is 1. The molecule has 2 aromatic heterocycles. The van der Waals surface area contributed by atoms with Crippen molar-refractivity contribution in [2.75, 3.05) is 19.7 Å². The average Bonchev–Trinajstić information content (AvgIpc) is 2.80. The number of rotatable bonds is 4. The Balaban J connectivity index is 0.000000367. The Bertz CT molecular complexity index is 895. The first-order valence-electron chi connectivity index (χ1n) is 9.92. The molecule has 3 aromatic rings. The number of pyridine rings is 1. The van der Waals surface area contributed by atoms with E-state index < -0.39 is 0 Å². The summed E-state index contributed by atoms with van der Waals surface area (Å²) >= 11 is 0. The molecule has 1 atom stereocenters. The largest absolute Gasteiger partial charge is 0.477 e. The van der Waals surface area contributed by atoms with Gasteiger partial charge in [0.15, 0.2) is 0 Å². The Morgan fingerprint density at radius 2 is 2.03 bits per heavy atom. The molecule has 1 aromatic carbocycles. The number of likely N-dealkylation sites (tertiary alicyclic amines) is 1. The molecule has 156 valence electrons. The van der Waals surface area contributed by atoms with Crippen LogP contribution < -0.4 is 4.74 Å². The van der Waals surface area contributed by atoms with Crippen LogP contribution in [0.3, 0.4) is 0 Å². The summed E-state index contributed by atoms with van der Waals surface area (Å²) in [5.74, 6) is 0.371. The molecule has 0 radical (unpaired) electrons. The molecule has 1 unspecified atom stereocenters. The van der Waals surface area contributed by atoms with Gasteiger partial charge in [-0.15, -0.1) is 0 Å². The molecule has 7 heteroatoms. The lowest BCUT2D eigenvalue weighted by Gasteiger charge is -2.32. The normalized spacial score (nSPS) is 15.7. The van der Waals surface area contributed by atoms with Gasteiger partial charge in [-0.2, -0.15) is 0 Å². The maximum Gasteiger partial charge on any atom is 0.253 e. The third kappa shape index (κ3) is 6.62. The average molecular weight is 408 g/mol. The zero-order chi connectivity index (χ0) is 21.2. The summed E-state index contributed by atoms with van der Waals surface area (Å²) in [5.41, 5.74) is 1.82. The van der Waals surface area contributed by atoms with Gasteiger partial charge in [-0.3, -0.25) is 4.79 Å². The lowest BCUT2D eigenvalue weighted by atomic mass is 9.98. The van der Waals surface area contributed by atoms with E-state index in [2.05, 4.69) is 15.0 Å². The van der Waals surface area contributed by atoms with Gasteiger partial charge in [0.05, 0.1) is 12.8 Å². The van der Waals surface area contributed by atoms with Crippen molar-refractivity contribution in [1.82, 2.24) is 19.9 Å². The van der Waals surface area contributed by atoms with Crippen LogP contribution in [0.15, 0.2) is 67.4 Å². The zero-order valence-corrected chi connectivity index (χ0v) is 16.9. The summed E-state index contributed by atoms with van der Waals surface area (Å²) in [4.78, 5) is 25.8. The standard InChI is InChI=1S/C19H21FN2O2.C4H4N2/c1-14-4-2-6-16(10-14)19(23)22-9-3-5-15(12-22)13-24-18-8-7-17(20)11-21-18;1-2-5-4-6-3-1/h2,4,6-8,10-11,15H,3,5,9,12-13H2,1H3;1-4H. The van der Waals surface area contributed by atoms with Crippen LogP contribution in [0.25, 0.3) is 0 Å². The van der Waals surface area contributed by atoms with E-state index in [9.17, 15) is 9.18 Å². The number of ether oxygens (including phenoxy) is 1. The minimum Gasteiger partial charge on any atom is -0.477 e. The second kappa shape index (κ2) is 11.0. The number of nitrogens with zero attached hydrogens (tertiary/aromatic N) is 4. The number of amides is 1. The van der Waals surface area contributed by atoms with Gasteiger partial charge in [-0.25, -0.2) is 19.3 Å². The lowest BCUT2D eigenvalue weighted by molar-refractivity contribution is 0.0631. The summed E-state index contributed by atoms with van der Waals surface area (Å²) in [6.07, 6.45) is 7.99. The maximum atomic E-state index is 12.8. The van der Waals surface area contributed by atoms with Crippen LogP contribution in [0.4, 0.5) is 4.39 Å². The summed E-state index contributed by atoms with van der Waals surface area (Å²) in [6, 6.07) is 12.3. The molecule has 1 aliphatic heterocycles. The Hall–Kier alpha value is -3.35. The van der Waals surface area contributed by atoms with Crippen molar-refractivity contribution in [3.05, 3.63) is 84.3 Å². The van der Waals surface area contributed by atoms with Crippen LogP contribution >= 0.6 is 0 Å². The SMILES string of the molecule is Cc1cccc(C(=O)N2CCCC(COc3ccc(F)cn3)C2)c1.c1cncnc1. The van der Waals surface area contributed by atoms with E-state index in [4.69, 9.17) is 4.74 Å². The van der Waals surface area contributed by atoms with Crippen molar-refractivity contribution >= 4 is 5.91 Å². The van der Waals surface area contributed by atoms with Crippen LogP contribution in [0.5, 0.6) is 5.88 Å². The minimum atomic E-state index is -0.380. The maximum absolute atomic E-state index is 12.8. The third-order valence-corrected chi connectivity index (χ3v) is 4.72. The lowest BCUT2D eigenvalue weighted by Crippen LogP contribution is -2.41. The smallest absolute Gasteiger partial charge is 0.253 e. The first-order chi connectivity index (χ1) is 14.6. The molecule has 0 bridgehead atoms. The number of benzene rings is 1. The minimum absolute atomic E-state index is 0.0725. The number of carbonyl (C=O) groups excluding carboxylic acids is 1. The van der Waals surface area contributed by atoms with Crippen molar-refractivity contribution in [3.8, 4) is 5.88 Å². The number of hydrogen-bond donors (Lipinski definition) is 0. The highest BCUT2D eigenvalue weighted by Crippen LogP contribution is 2.20. The van der Waals surface area contributed by atoms with Gasteiger partial charge in [0.2, 0.25) is 5.88 Å². The fourth-order valence-corrected chi connectivity index (χ4v) is 3.25. The highest BCUT2D eigenvalue weighted by atomic mass is 19.1. The molecule has 1 aliphatic rings. The predicted octanol–water partition coefficient (Wildman–Crippen LogP) is 3.94. The van der Waals surface area contributed by atoms with Crippen LogP contribution in [0.1, 0.15) is 28.8 Å². The summed E-state index contributed by atoms with van der Waals surface area (Å²) in [5, 5.41) is 0. The van der Waals surface area contributed by atoms with Crippen molar-refractivity contribution in [3.63, 3.8) is 0 Å². The van der Waals surface area contributed by atoms with E-state index in [0.717, 1.165) is 36.7 Å². The summed E-state index contributed by atoms with van der Waals surface area (Å²) in [7, 11) is 0. The highest BCUT2D eigenvalue weighted by Gasteiger charge is 2.25. The van der Waals surface area contributed by atoms with Gasteiger partial charge in [0, 0.05) is 43.0 Å². The van der Waals surface area contributed by atoms with E-state index in [-0.39, 0.29) is 17.6 Å². The molecule has 0 spiro atoms. The number of aryl methyl sites for hydroxylation is 1. The number of piperidine rings is 1. The van der Waals surface area contributed by atoms with Gasteiger partial charge in [-0.1, -0.05) is 17.7 Å². The molecule has 0 N–H and O–H groups in total. The third-order valence-electron chi connectivity index (χ3n) is 4.72. The first kappa shape index (κ1) is 21.4. The van der Waals surface area contributed by atoms with Gasteiger partial charge in [0.25, 0.3) is 5.91 Å². The van der Waals surface area contributed by atoms with Crippen LogP contribution in [0.2, 0.25) is 0 Å². The fraction of sp³-hybridized carbons (Fsp3) is 0.304. The van der Waals surface area contributed by atoms with Gasteiger partial charge < -0.3 is 9.64 Å². The van der Waals surface area contributed by atoms with E-state index in [1.807, 2.05) is 36.1 Å². The van der Waals surface area contributed by atoms with Crippen molar-refractivity contribution < 1.29 is 13.9 Å². The molecule has 1 fully saturated rings. The Morgan fingerprint density at radius 1 is 1.20 bits per heavy atom. The number of carbonyl (C=O) groups is 1. The highest BCUT2D eigenvalue weighted by molar-refractivity contribution is 5.94. The molecular weight excluding hydrogens is 383 g/mol.